The Kier molecular flexibility index (Phi) is 5.82. The van der Waals surface area contributed by atoms with Gasteiger partial charge in [-0.3, -0.25) is 0 Å². The van der Waals surface area contributed by atoms with Crippen molar-refractivity contribution in [3.05, 3.63) is 164 Å². The first kappa shape index (κ1) is 25.4. The molecule has 3 nitrogen and oxygen atoms in total. The second-order valence-corrected chi connectivity index (χ2v) is 11.4. The first-order chi connectivity index (χ1) is 22.3. The maximum absolute atomic E-state index is 6.42. The van der Waals surface area contributed by atoms with Gasteiger partial charge in [0.25, 0.3) is 0 Å². The molecule has 2 heterocycles. The lowest BCUT2D eigenvalue weighted by Gasteiger charge is -2.26. The molecule has 0 radical (unpaired) electrons. The monoisotopic (exact) mass is 577 g/mol. The van der Waals surface area contributed by atoms with E-state index in [-0.39, 0.29) is 0 Å². The van der Waals surface area contributed by atoms with Gasteiger partial charge in [-0.25, -0.2) is 0 Å². The third kappa shape index (κ3) is 4.29. The van der Waals surface area contributed by atoms with Gasteiger partial charge in [-0.1, -0.05) is 97.1 Å². The van der Waals surface area contributed by atoms with Gasteiger partial charge in [0.15, 0.2) is 0 Å². The average molecular weight is 578 g/mol. The summed E-state index contributed by atoms with van der Waals surface area (Å²) in [5.74, 6) is 0. The first-order valence-corrected chi connectivity index (χ1v) is 15.2. The molecule has 0 aliphatic rings. The summed E-state index contributed by atoms with van der Waals surface area (Å²) in [6, 6.07) is 57.3. The van der Waals surface area contributed by atoms with Crippen LogP contribution in [0.2, 0.25) is 0 Å². The second kappa shape index (κ2) is 10.3. The van der Waals surface area contributed by atoms with Crippen molar-refractivity contribution in [3.8, 4) is 22.3 Å². The van der Waals surface area contributed by atoms with E-state index in [1.807, 2.05) is 24.3 Å². The highest BCUT2D eigenvalue weighted by molar-refractivity contribution is 6.25. The first-order valence-electron chi connectivity index (χ1n) is 15.2. The van der Waals surface area contributed by atoms with Crippen LogP contribution in [0.3, 0.4) is 0 Å². The number of rotatable bonds is 5. The molecule has 0 amide bonds. The Balaban J connectivity index is 1.12. The third-order valence-corrected chi connectivity index (χ3v) is 8.66. The molecule has 45 heavy (non-hydrogen) atoms. The van der Waals surface area contributed by atoms with Gasteiger partial charge in [-0.05, 0) is 89.0 Å². The fourth-order valence-corrected chi connectivity index (χ4v) is 6.54. The molecule has 9 rings (SSSR count). The summed E-state index contributed by atoms with van der Waals surface area (Å²) in [5.41, 5.74) is 11.4. The van der Waals surface area contributed by atoms with E-state index in [2.05, 4.69) is 144 Å². The standard InChI is InChI=1S/C42H27NO2/c1-3-10-28(11-4-1)30-12-9-15-34(26-30)43(32-13-5-2-6-14-32)33-21-18-29(19-22-33)31-20-23-36-40(27-31)45-39-25-24-38-41(42(36)39)35-16-7-8-17-37(35)44-38/h1-27H. The van der Waals surface area contributed by atoms with Crippen molar-refractivity contribution in [2.45, 2.75) is 0 Å². The molecule has 0 unspecified atom stereocenters. The molecule has 0 saturated carbocycles. The van der Waals surface area contributed by atoms with E-state index in [4.69, 9.17) is 8.83 Å². The summed E-state index contributed by atoms with van der Waals surface area (Å²) in [6.45, 7) is 0. The topological polar surface area (TPSA) is 29.5 Å². The number of hydrogen-bond acceptors (Lipinski definition) is 3. The molecule has 0 atom stereocenters. The molecular formula is C42H27NO2. The summed E-state index contributed by atoms with van der Waals surface area (Å²) >= 11 is 0. The van der Waals surface area contributed by atoms with Crippen LogP contribution < -0.4 is 4.90 Å². The summed E-state index contributed by atoms with van der Waals surface area (Å²) in [5, 5.41) is 4.41. The number of para-hydroxylation sites is 2. The van der Waals surface area contributed by atoms with Crippen LogP contribution in [0.15, 0.2) is 173 Å². The number of benzene rings is 7. The highest BCUT2D eigenvalue weighted by atomic mass is 16.3. The normalized spacial score (nSPS) is 11.6. The van der Waals surface area contributed by atoms with E-state index >= 15 is 0 Å². The number of fused-ring (bicyclic) bond motifs is 7. The molecule has 0 saturated heterocycles. The minimum absolute atomic E-state index is 0.868. The Morgan fingerprint density at radius 1 is 0.311 bits per heavy atom. The zero-order chi connectivity index (χ0) is 29.7. The van der Waals surface area contributed by atoms with Crippen molar-refractivity contribution in [2.75, 3.05) is 4.90 Å². The van der Waals surface area contributed by atoms with Crippen LogP contribution in [0.5, 0.6) is 0 Å². The third-order valence-electron chi connectivity index (χ3n) is 8.66. The molecule has 0 N–H and O–H groups in total. The summed E-state index contributed by atoms with van der Waals surface area (Å²) < 4.78 is 12.6. The van der Waals surface area contributed by atoms with Gasteiger partial charge in [0.2, 0.25) is 0 Å². The Hall–Kier alpha value is -6.06. The lowest BCUT2D eigenvalue weighted by molar-refractivity contribution is 0.663. The zero-order valence-electron chi connectivity index (χ0n) is 24.4. The molecule has 7 aromatic carbocycles. The van der Waals surface area contributed by atoms with Gasteiger partial charge in [-0.15, -0.1) is 0 Å². The van der Waals surface area contributed by atoms with Crippen molar-refractivity contribution >= 4 is 60.9 Å². The maximum Gasteiger partial charge on any atom is 0.136 e. The van der Waals surface area contributed by atoms with Crippen LogP contribution in [0.25, 0.3) is 66.1 Å². The van der Waals surface area contributed by atoms with E-state index in [1.54, 1.807) is 0 Å². The predicted molar refractivity (Wildman–Crippen MR) is 187 cm³/mol. The molecular weight excluding hydrogens is 550 g/mol. The number of furan rings is 2. The molecule has 0 bridgehead atoms. The second-order valence-electron chi connectivity index (χ2n) is 11.4. The van der Waals surface area contributed by atoms with Crippen LogP contribution in [-0.2, 0) is 0 Å². The zero-order valence-corrected chi connectivity index (χ0v) is 24.4. The van der Waals surface area contributed by atoms with Crippen molar-refractivity contribution in [1.82, 2.24) is 0 Å². The quantitative estimate of drug-likeness (QED) is 0.204. The molecule has 0 fully saturated rings. The minimum atomic E-state index is 0.868. The van der Waals surface area contributed by atoms with Gasteiger partial charge in [0, 0.05) is 38.6 Å². The van der Waals surface area contributed by atoms with Crippen molar-refractivity contribution in [3.63, 3.8) is 0 Å². The molecule has 2 aromatic heterocycles. The maximum atomic E-state index is 6.42. The van der Waals surface area contributed by atoms with Crippen LogP contribution in [-0.4, -0.2) is 0 Å². The van der Waals surface area contributed by atoms with Gasteiger partial charge in [0.05, 0.1) is 0 Å². The fourth-order valence-electron chi connectivity index (χ4n) is 6.54. The summed E-state index contributed by atoms with van der Waals surface area (Å²) in [6.07, 6.45) is 0. The molecule has 3 heteroatoms. The van der Waals surface area contributed by atoms with Crippen molar-refractivity contribution < 1.29 is 8.83 Å². The lowest BCUT2D eigenvalue weighted by atomic mass is 10.0. The summed E-state index contributed by atoms with van der Waals surface area (Å²) in [7, 11) is 0. The smallest absolute Gasteiger partial charge is 0.136 e. The average Bonchev–Trinajstić information content (AvgIpc) is 3.67. The van der Waals surface area contributed by atoms with Crippen molar-refractivity contribution in [2.24, 2.45) is 0 Å². The van der Waals surface area contributed by atoms with E-state index in [1.165, 1.54) is 11.1 Å². The highest BCUT2D eigenvalue weighted by Crippen LogP contribution is 2.41. The van der Waals surface area contributed by atoms with Crippen LogP contribution in [0.1, 0.15) is 0 Å². The van der Waals surface area contributed by atoms with E-state index in [9.17, 15) is 0 Å². The predicted octanol–water partition coefficient (Wildman–Crippen LogP) is 12.3. The Morgan fingerprint density at radius 2 is 0.844 bits per heavy atom. The Morgan fingerprint density at radius 3 is 1.62 bits per heavy atom. The molecule has 0 aliphatic carbocycles. The van der Waals surface area contributed by atoms with E-state index < -0.39 is 0 Å². The fraction of sp³-hybridized carbons (Fsp3) is 0. The molecule has 0 aliphatic heterocycles. The van der Waals surface area contributed by atoms with Crippen LogP contribution in [0.4, 0.5) is 17.1 Å². The number of nitrogens with zero attached hydrogens (tertiary/aromatic N) is 1. The largest absolute Gasteiger partial charge is 0.456 e. The van der Waals surface area contributed by atoms with Gasteiger partial charge in [-0.2, -0.15) is 0 Å². The van der Waals surface area contributed by atoms with Crippen LogP contribution in [0, 0.1) is 0 Å². The summed E-state index contributed by atoms with van der Waals surface area (Å²) in [4.78, 5) is 2.30. The van der Waals surface area contributed by atoms with Gasteiger partial charge < -0.3 is 13.7 Å². The van der Waals surface area contributed by atoms with E-state index in [0.29, 0.717) is 0 Å². The van der Waals surface area contributed by atoms with Crippen LogP contribution >= 0.6 is 0 Å². The number of anilines is 3. The number of hydrogen-bond donors (Lipinski definition) is 0. The Labute approximate surface area is 260 Å². The lowest BCUT2D eigenvalue weighted by Crippen LogP contribution is -2.09. The molecule has 0 spiro atoms. The van der Waals surface area contributed by atoms with Crippen molar-refractivity contribution in [1.29, 1.82) is 0 Å². The van der Waals surface area contributed by atoms with Gasteiger partial charge in [0.1, 0.15) is 22.3 Å². The minimum Gasteiger partial charge on any atom is -0.456 e. The van der Waals surface area contributed by atoms with E-state index in [0.717, 1.165) is 72.1 Å². The SMILES string of the molecule is c1ccc(-c2cccc(N(c3ccccc3)c3ccc(-c4ccc5c(c4)oc4ccc6oc7ccccc7c6c45)cc3)c2)cc1. The molecule has 212 valence electrons. The van der Waals surface area contributed by atoms with Gasteiger partial charge >= 0.3 is 0 Å². The Bertz CT molecular complexity index is 2470. The molecule has 9 aromatic rings. The highest BCUT2D eigenvalue weighted by Gasteiger charge is 2.17.